The van der Waals surface area contributed by atoms with Gasteiger partial charge in [0.05, 0.1) is 12.0 Å². The topological polar surface area (TPSA) is 83.9 Å². The van der Waals surface area contributed by atoms with Crippen molar-refractivity contribution in [3.05, 3.63) is 35.9 Å². The van der Waals surface area contributed by atoms with Gasteiger partial charge in [-0.25, -0.2) is 13.2 Å². The Balaban J connectivity index is 3.34. The molecule has 0 amide bonds. The van der Waals surface area contributed by atoms with E-state index in [1.54, 1.807) is 13.8 Å². The Bertz CT molecular complexity index is 651. The van der Waals surface area contributed by atoms with Crippen molar-refractivity contribution in [2.45, 2.75) is 18.7 Å². The van der Waals surface area contributed by atoms with Gasteiger partial charge in [-0.2, -0.15) is 4.31 Å². The molecular weight excluding hydrogens is 294 g/mol. The molecule has 116 valence electrons. The minimum atomic E-state index is -3.77. The average Bonchev–Trinajstić information content (AvgIpc) is 2.43. The number of aromatic carboxylic acids is 1. The van der Waals surface area contributed by atoms with Crippen LogP contribution in [0.4, 0.5) is 0 Å². The van der Waals surface area contributed by atoms with Crippen molar-refractivity contribution in [3.63, 3.8) is 0 Å². The third kappa shape index (κ3) is 3.83. The lowest BCUT2D eigenvalue weighted by molar-refractivity contribution is 0.0693. The number of hydrogen-bond acceptors (Lipinski definition) is 4. The lowest BCUT2D eigenvalue weighted by atomic mass is 10.2. The summed E-state index contributed by atoms with van der Waals surface area (Å²) in [5.41, 5.74) is 0.511. The number of carboxylic acid groups (broad SMARTS) is 1. The number of nitrogens with zero attached hydrogens (tertiary/aromatic N) is 1. The van der Waals surface area contributed by atoms with Gasteiger partial charge in [-0.1, -0.05) is 19.1 Å². The summed E-state index contributed by atoms with van der Waals surface area (Å²) in [6.07, 6.45) is 0. The van der Waals surface area contributed by atoms with Crippen molar-refractivity contribution in [2.75, 3.05) is 20.2 Å². The van der Waals surface area contributed by atoms with Gasteiger partial charge in [0.15, 0.2) is 0 Å². The number of sulfonamides is 1. The van der Waals surface area contributed by atoms with Crippen LogP contribution in [0.15, 0.2) is 35.2 Å². The summed E-state index contributed by atoms with van der Waals surface area (Å²) in [6.45, 7) is 7.60. The number of ether oxygens (including phenoxy) is 1. The van der Waals surface area contributed by atoms with Crippen molar-refractivity contribution in [1.29, 1.82) is 0 Å². The predicted octanol–water partition coefficient (Wildman–Crippen LogP) is 1.98. The second-order valence-electron chi connectivity index (χ2n) is 4.56. The highest BCUT2D eigenvalue weighted by Gasteiger charge is 2.25. The molecule has 0 atom stereocenters. The van der Waals surface area contributed by atoms with Crippen LogP contribution in [0.25, 0.3) is 0 Å². The number of rotatable bonds is 7. The monoisotopic (exact) mass is 313 g/mol. The third-order valence-corrected chi connectivity index (χ3v) is 4.75. The standard InChI is InChI=1S/C14H19NO5S/c1-5-15(9-10(2)3)21(18,19)11-6-7-13(20-4)12(8-11)14(16)17/h6-8H,2,5,9H2,1,3-4H3,(H,16,17). The van der Waals surface area contributed by atoms with Crippen LogP contribution in [0.3, 0.4) is 0 Å². The molecule has 0 heterocycles. The Morgan fingerprint density at radius 3 is 2.48 bits per heavy atom. The van der Waals surface area contributed by atoms with Crippen molar-refractivity contribution in [3.8, 4) is 5.75 Å². The van der Waals surface area contributed by atoms with Crippen LogP contribution in [-0.2, 0) is 10.0 Å². The van der Waals surface area contributed by atoms with Gasteiger partial charge in [0.1, 0.15) is 11.3 Å². The zero-order valence-corrected chi connectivity index (χ0v) is 13.1. The fourth-order valence-electron chi connectivity index (χ4n) is 1.83. The molecule has 6 nitrogen and oxygen atoms in total. The molecule has 1 rings (SSSR count). The fraction of sp³-hybridized carbons (Fsp3) is 0.357. The molecule has 7 heteroatoms. The first-order valence-electron chi connectivity index (χ1n) is 6.29. The summed E-state index contributed by atoms with van der Waals surface area (Å²) >= 11 is 0. The summed E-state index contributed by atoms with van der Waals surface area (Å²) in [6, 6.07) is 3.78. The van der Waals surface area contributed by atoms with Crippen molar-refractivity contribution >= 4 is 16.0 Å². The van der Waals surface area contributed by atoms with Gasteiger partial charge in [0.2, 0.25) is 10.0 Å². The van der Waals surface area contributed by atoms with Gasteiger partial charge in [0, 0.05) is 13.1 Å². The Morgan fingerprint density at radius 2 is 2.05 bits per heavy atom. The molecule has 0 bridgehead atoms. The maximum absolute atomic E-state index is 12.5. The van der Waals surface area contributed by atoms with Crippen LogP contribution in [0, 0.1) is 0 Å². The van der Waals surface area contributed by atoms with Gasteiger partial charge in [-0.3, -0.25) is 0 Å². The number of methoxy groups -OCH3 is 1. The van der Waals surface area contributed by atoms with Gasteiger partial charge in [-0.05, 0) is 25.1 Å². The molecule has 1 N–H and O–H groups in total. The normalized spacial score (nSPS) is 11.4. The second kappa shape index (κ2) is 6.73. The quantitative estimate of drug-likeness (QED) is 0.778. The number of benzene rings is 1. The highest BCUT2D eigenvalue weighted by Crippen LogP contribution is 2.24. The van der Waals surface area contributed by atoms with Crippen molar-refractivity contribution < 1.29 is 23.1 Å². The van der Waals surface area contributed by atoms with E-state index in [0.29, 0.717) is 5.57 Å². The molecule has 0 unspecified atom stereocenters. The summed E-state index contributed by atoms with van der Waals surface area (Å²) in [4.78, 5) is 11.1. The van der Waals surface area contributed by atoms with Crippen LogP contribution in [0.5, 0.6) is 5.75 Å². The molecule has 0 aliphatic carbocycles. The van der Waals surface area contributed by atoms with E-state index >= 15 is 0 Å². The van der Waals surface area contributed by atoms with Gasteiger partial charge >= 0.3 is 5.97 Å². The third-order valence-electron chi connectivity index (χ3n) is 2.84. The van der Waals surface area contributed by atoms with Crippen molar-refractivity contribution in [1.82, 2.24) is 4.31 Å². The lowest BCUT2D eigenvalue weighted by Crippen LogP contribution is -2.32. The van der Waals surface area contributed by atoms with E-state index in [2.05, 4.69) is 6.58 Å². The molecule has 1 aromatic rings. The predicted molar refractivity (Wildman–Crippen MR) is 79.2 cm³/mol. The van der Waals surface area contributed by atoms with E-state index in [0.717, 1.165) is 6.07 Å². The summed E-state index contributed by atoms with van der Waals surface area (Å²) < 4.78 is 31.2. The SMILES string of the molecule is C=C(C)CN(CC)S(=O)(=O)c1ccc(OC)c(C(=O)O)c1. The molecule has 1 aromatic carbocycles. The Morgan fingerprint density at radius 1 is 1.43 bits per heavy atom. The minimum absolute atomic E-state index is 0.0798. The second-order valence-corrected chi connectivity index (χ2v) is 6.49. The van der Waals surface area contributed by atoms with Crippen LogP contribution >= 0.6 is 0 Å². The van der Waals surface area contributed by atoms with E-state index in [1.807, 2.05) is 0 Å². The smallest absolute Gasteiger partial charge is 0.339 e. The van der Waals surface area contributed by atoms with Crippen molar-refractivity contribution in [2.24, 2.45) is 0 Å². The van der Waals surface area contributed by atoms with Gasteiger partial charge in [0.25, 0.3) is 0 Å². The highest BCUT2D eigenvalue weighted by molar-refractivity contribution is 7.89. The zero-order valence-electron chi connectivity index (χ0n) is 12.3. The average molecular weight is 313 g/mol. The van der Waals surface area contributed by atoms with Gasteiger partial charge in [-0.15, -0.1) is 0 Å². The fourth-order valence-corrected chi connectivity index (χ4v) is 3.37. The first kappa shape index (κ1) is 17.2. The Kier molecular flexibility index (Phi) is 5.51. The maximum Gasteiger partial charge on any atom is 0.339 e. The molecular formula is C14H19NO5S. The first-order valence-corrected chi connectivity index (χ1v) is 7.73. The molecule has 0 saturated carbocycles. The molecule has 0 fully saturated rings. The molecule has 0 radical (unpaired) electrons. The first-order chi connectivity index (χ1) is 9.73. The molecule has 0 saturated heterocycles. The number of hydrogen-bond donors (Lipinski definition) is 1. The maximum atomic E-state index is 12.5. The molecule has 21 heavy (non-hydrogen) atoms. The van der Waals surface area contributed by atoms with Crippen LogP contribution in [0.2, 0.25) is 0 Å². The van der Waals surface area contributed by atoms with E-state index in [4.69, 9.17) is 9.84 Å². The number of likely N-dealkylation sites (N-methyl/N-ethyl adjacent to an activating group) is 1. The van der Waals surface area contributed by atoms with Crippen LogP contribution < -0.4 is 4.74 Å². The summed E-state index contributed by atoms with van der Waals surface area (Å²) in [5.74, 6) is -1.13. The van der Waals surface area contributed by atoms with E-state index in [-0.39, 0.29) is 29.3 Å². The van der Waals surface area contributed by atoms with Crippen LogP contribution in [-0.4, -0.2) is 44.0 Å². The summed E-state index contributed by atoms with van der Waals surface area (Å²) in [7, 11) is -2.44. The largest absolute Gasteiger partial charge is 0.496 e. The van der Waals surface area contributed by atoms with E-state index in [9.17, 15) is 13.2 Å². The number of carboxylic acids is 1. The molecule has 0 aliphatic rings. The van der Waals surface area contributed by atoms with Gasteiger partial charge < -0.3 is 9.84 Å². The Labute approximate surface area is 124 Å². The van der Waals surface area contributed by atoms with Crippen LogP contribution in [0.1, 0.15) is 24.2 Å². The minimum Gasteiger partial charge on any atom is -0.496 e. The lowest BCUT2D eigenvalue weighted by Gasteiger charge is -2.21. The van der Waals surface area contributed by atoms with E-state index < -0.39 is 16.0 Å². The molecule has 0 aromatic heterocycles. The zero-order chi connectivity index (χ0) is 16.2. The molecule has 0 aliphatic heterocycles. The van der Waals surface area contributed by atoms with E-state index in [1.165, 1.54) is 23.5 Å². The molecule has 0 spiro atoms. The highest BCUT2D eigenvalue weighted by atomic mass is 32.2. The number of carbonyl (C=O) groups is 1. The Hall–Kier alpha value is -1.86. The summed E-state index contributed by atoms with van der Waals surface area (Å²) in [5, 5.41) is 9.13.